The second-order valence-corrected chi connectivity index (χ2v) is 7.98. The van der Waals surface area contributed by atoms with Crippen LogP contribution in [-0.4, -0.2) is 16.6 Å². The lowest BCUT2D eigenvalue weighted by Crippen LogP contribution is -2.40. The molecule has 132 valence electrons. The number of hydrogen-bond acceptors (Lipinski definition) is 2. The van der Waals surface area contributed by atoms with Crippen molar-refractivity contribution in [1.82, 2.24) is 10.3 Å². The molecule has 3 nitrogen and oxygen atoms in total. The number of aromatic nitrogens is 1. The largest absolute Gasteiger partial charge is 0.362 e. The van der Waals surface area contributed by atoms with E-state index in [1.165, 1.54) is 25.0 Å². The summed E-state index contributed by atoms with van der Waals surface area (Å²) in [6.07, 6.45) is 6.04. The summed E-state index contributed by atoms with van der Waals surface area (Å²) in [6, 6.07) is 8.59. The maximum atomic E-state index is 13.3. The van der Waals surface area contributed by atoms with Crippen molar-refractivity contribution < 1.29 is 4.39 Å². The topological polar surface area (TPSA) is 37.0 Å². The molecule has 0 saturated heterocycles. The van der Waals surface area contributed by atoms with E-state index in [0.717, 1.165) is 22.9 Å². The lowest BCUT2D eigenvalue weighted by molar-refractivity contribution is 0.434. The number of pyridine rings is 1. The number of benzene rings is 1. The summed E-state index contributed by atoms with van der Waals surface area (Å²) in [5, 5.41) is 7.44. The Morgan fingerprint density at radius 1 is 1.28 bits per heavy atom. The number of nitrogens with one attached hydrogen (secondary N) is 2. The van der Waals surface area contributed by atoms with E-state index in [9.17, 15) is 4.39 Å². The fraction of sp³-hybridized carbons (Fsp3) is 0.333. The van der Waals surface area contributed by atoms with Gasteiger partial charge in [0.15, 0.2) is 5.11 Å². The Kier molecular flexibility index (Phi) is 5.92. The number of anilines is 1. The minimum Gasteiger partial charge on any atom is -0.362 e. The molecule has 1 fully saturated rings. The molecule has 3 rings (SSSR count). The van der Waals surface area contributed by atoms with Gasteiger partial charge in [-0.25, -0.2) is 9.37 Å². The van der Waals surface area contributed by atoms with Crippen LogP contribution in [0.4, 0.5) is 10.2 Å². The van der Waals surface area contributed by atoms with Gasteiger partial charge in [-0.1, -0.05) is 36.6 Å². The average molecular weight is 443 g/mol. The normalized spacial score (nSPS) is 15.8. The molecule has 1 heterocycles. The number of nitrogens with zero attached hydrogens (tertiary/aromatic N) is 1. The van der Waals surface area contributed by atoms with E-state index < -0.39 is 0 Å². The molecule has 0 unspecified atom stereocenters. The minimum atomic E-state index is -0.208. The van der Waals surface area contributed by atoms with Gasteiger partial charge < -0.3 is 10.6 Å². The van der Waals surface area contributed by atoms with E-state index >= 15 is 0 Å². The molecule has 0 aliphatic heterocycles. The van der Waals surface area contributed by atoms with Gasteiger partial charge in [-0.3, -0.25) is 0 Å². The lowest BCUT2D eigenvalue weighted by Gasteiger charge is -2.30. The third kappa shape index (κ3) is 4.49. The van der Waals surface area contributed by atoms with Crippen LogP contribution in [0.25, 0.3) is 0 Å². The molecule has 1 aromatic heterocycles. The molecule has 7 heteroatoms. The fourth-order valence-electron chi connectivity index (χ4n) is 3.33. The molecule has 0 spiro atoms. The average Bonchev–Trinajstić information content (AvgIpc) is 3.06. The first-order chi connectivity index (χ1) is 12.0. The highest BCUT2D eigenvalue weighted by Gasteiger charge is 2.35. The molecule has 1 aromatic carbocycles. The maximum absolute atomic E-state index is 13.3. The lowest BCUT2D eigenvalue weighted by atomic mass is 9.79. The standard InChI is InChI=1S/C18H18BrClFN3S/c19-15-9-13(20)10-22-16(15)24-17(25)23-11-18(7-1-2-8-18)12-3-5-14(21)6-4-12/h3-6,9-10H,1-2,7-8,11H2,(H2,22,23,24,25). The molecule has 0 radical (unpaired) electrons. The highest BCUT2D eigenvalue weighted by atomic mass is 79.9. The minimum absolute atomic E-state index is 0.00982. The highest BCUT2D eigenvalue weighted by Crippen LogP contribution is 2.40. The maximum Gasteiger partial charge on any atom is 0.172 e. The van der Waals surface area contributed by atoms with Gasteiger partial charge in [0, 0.05) is 18.2 Å². The molecule has 1 saturated carbocycles. The van der Waals surface area contributed by atoms with E-state index in [4.69, 9.17) is 23.8 Å². The van der Waals surface area contributed by atoms with Gasteiger partial charge in [0.1, 0.15) is 11.6 Å². The molecule has 0 bridgehead atoms. The predicted octanol–water partition coefficient (Wildman–Crippen LogP) is 5.44. The Balaban J connectivity index is 1.67. The Bertz CT molecular complexity index is 763. The van der Waals surface area contributed by atoms with Gasteiger partial charge in [0.25, 0.3) is 0 Å². The van der Waals surface area contributed by atoms with Crippen molar-refractivity contribution in [2.75, 3.05) is 11.9 Å². The first-order valence-electron chi connectivity index (χ1n) is 8.10. The molecule has 2 N–H and O–H groups in total. The predicted molar refractivity (Wildman–Crippen MR) is 108 cm³/mol. The zero-order valence-electron chi connectivity index (χ0n) is 13.5. The van der Waals surface area contributed by atoms with Crippen molar-refractivity contribution in [2.45, 2.75) is 31.1 Å². The third-order valence-electron chi connectivity index (χ3n) is 4.64. The SMILES string of the molecule is Fc1ccc(C2(CNC(=S)Nc3ncc(Cl)cc3Br)CCCC2)cc1. The Hall–Kier alpha value is -1.24. The summed E-state index contributed by atoms with van der Waals surface area (Å²) in [5.41, 5.74) is 1.15. The van der Waals surface area contributed by atoms with Gasteiger partial charge in [0.05, 0.1) is 9.50 Å². The van der Waals surface area contributed by atoms with Crippen LogP contribution in [0.15, 0.2) is 41.0 Å². The Morgan fingerprint density at radius 2 is 1.96 bits per heavy atom. The van der Waals surface area contributed by atoms with Gasteiger partial charge in [-0.2, -0.15) is 0 Å². The summed E-state index contributed by atoms with van der Waals surface area (Å²) in [5.74, 6) is 0.407. The number of hydrogen-bond donors (Lipinski definition) is 2. The zero-order valence-corrected chi connectivity index (χ0v) is 16.6. The number of rotatable bonds is 4. The van der Waals surface area contributed by atoms with E-state index in [0.29, 0.717) is 22.5 Å². The quantitative estimate of drug-likeness (QED) is 0.619. The smallest absolute Gasteiger partial charge is 0.172 e. The monoisotopic (exact) mass is 441 g/mol. The van der Waals surface area contributed by atoms with Crippen molar-refractivity contribution in [3.05, 3.63) is 57.4 Å². The first kappa shape index (κ1) is 18.5. The Morgan fingerprint density at radius 3 is 2.60 bits per heavy atom. The van der Waals surface area contributed by atoms with Crippen LogP contribution in [0.3, 0.4) is 0 Å². The summed E-state index contributed by atoms with van der Waals surface area (Å²) in [6.45, 7) is 0.704. The number of halogens is 3. The van der Waals surface area contributed by atoms with Gasteiger partial charge in [-0.15, -0.1) is 0 Å². The van der Waals surface area contributed by atoms with Gasteiger partial charge in [0.2, 0.25) is 0 Å². The van der Waals surface area contributed by atoms with E-state index in [-0.39, 0.29) is 11.2 Å². The molecular weight excluding hydrogens is 425 g/mol. The Labute approximate surface area is 165 Å². The molecule has 2 aromatic rings. The van der Waals surface area contributed by atoms with E-state index in [1.54, 1.807) is 12.3 Å². The summed E-state index contributed by atoms with van der Waals surface area (Å²) >= 11 is 14.7. The molecule has 0 amide bonds. The third-order valence-corrected chi connectivity index (χ3v) is 5.70. The van der Waals surface area contributed by atoms with Crippen LogP contribution in [0.5, 0.6) is 0 Å². The molecule has 0 atom stereocenters. The number of thiocarbonyl (C=S) groups is 1. The summed E-state index contributed by atoms with van der Waals surface area (Å²) in [7, 11) is 0. The van der Waals surface area contributed by atoms with Crippen LogP contribution in [0.2, 0.25) is 5.02 Å². The zero-order chi connectivity index (χ0) is 17.9. The van der Waals surface area contributed by atoms with Crippen molar-refractivity contribution in [3.8, 4) is 0 Å². The van der Waals surface area contributed by atoms with E-state index in [1.807, 2.05) is 12.1 Å². The van der Waals surface area contributed by atoms with Crippen LogP contribution in [0.1, 0.15) is 31.2 Å². The van der Waals surface area contributed by atoms with Crippen LogP contribution in [0, 0.1) is 5.82 Å². The fourth-order valence-corrected chi connectivity index (χ4v) is 4.24. The second-order valence-electron chi connectivity index (χ2n) is 6.29. The molecular formula is C18H18BrClFN3S. The van der Waals surface area contributed by atoms with Gasteiger partial charge in [-0.05, 0) is 64.8 Å². The van der Waals surface area contributed by atoms with E-state index in [2.05, 4.69) is 31.5 Å². The van der Waals surface area contributed by atoms with Crippen molar-refractivity contribution in [3.63, 3.8) is 0 Å². The van der Waals surface area contributed by atoms with Crippen molar-refractivity contribution in [2.24, 2.45) is 0 Å². The highest BCUT2D eigenvalue weighted by molar-refractivity contribution is 9.10. The van der Waals surface area contributed by atoms with Crippen LogP contribution >= 0.6 is 39.7 Å². The summed E-state index contributed by atoms with van der Waals surface area (Å²) in [4.78, 5) is 4.22. The van der Waals surface area contributed by atoms with Crippen LogP contribution < -0.4 is 10.6 Å². The molecule has 1 aliphatic carbocycles. The summed E-state index contributed by atoms with van der Waals surface area (Å²) < 4.78 is 14.0. The second kappa shape index (κ2) is 7.98. The van der Waals surface area contributed by atoms with Crippen LogP contribution in [-0.2, 0) is 5.41 Å². The van der Waals surface area contributed by atoms with Crippen molar-refractivity contribution in [1.29, 1.82) is 0 Å². The van der Waals surface area contributed by atoms with Gasteiger partial charge >= 0.3 is 0 Å². The molecule has 1 aliphatic rings. The molecule has 25 heavy (non-hydrogen) atoms. The van der Waals surface area contributed by atoms with Crippen molar-refractivity contribution >= 4 is 50.7 Å². The first-order valence-corrected chi connectivity index (χ1v) is 9.68.